The first-order valence-electron chi connectivity index (χ1n) is 5.00. The van der Waals surface area contributed by atoms with E-state index in [1.54, 1.807) is 6.92 Å². The van der Waals surface area contributed by atoms with E-state index in [0.29, 0.717) is 24.8 Å². The number of hydrogen-bond acceptors (Lipinski definition) is 3. The van der Waals surface area contributed by atoms with Crippen molar-refractivity contribution in [2.75, 3.05) is 0 Å². The Kier molecular flexibility index (Phi) is 2.03. The van der Waals surface area contributed by atoms with Crippen molar-refractivity contribution in [2.24, 2.45) is 5.41 Å². The largest absolute Gasteiger partial charge is 0.478 e. The summed E-state index contributed by atoms with van der Waals surface area (Å²) in [6, 6.07) is 0. The third-order valence-corrected chi connectivity index (χ3v) is 3.53. The number of carboxylic acid groups (broad SMARTS) is 1. The molecule has 0 amide bonds. The number of ketones is 2. The second-order valence-electron chi connectivity index (χ2n) is 4.34. The zero-order valence-electron chi connectivity index (χ0n) is 8.50. The number of aliphatic carboxylic acids is 1. The molecule has 2 rings (SSSR count). The summed E-state index contributed by atoms with van der Waals surface area (Å²) < 4.78 is 0. The van der Waals surface area contributed by atoms with E-state index in [4.69, 9.17) is 5.11 Å². The minimum absolute atomic E-state index is 0.0729. The molecule has 2 aliphatic carbocycles. The van der Waals surface area contributed by atoms with Gasteiger partial charge in [-0.1, -0.05) is 0 Å². The van der Waals surface area contributed by atoms with Crippen molar-refractivity contribution in [3.05, 3.63) is 11.1 Å². The van der Waals surface area contributed by atoms with Crippen molar-refractivity contribution in [1.29, 1.82) is 0 Å². The van der Waals surface area contributed by atoms with E-state index in [1.165, 1.54) is 0 Å². The second kappa shape index (κ2) is 3.02. The van der Waals surface area contributed by atoms with Crippen LogP contribution < -0.4 is 0 Å². The molecular weight excluding hydrogens is 196 g/mol. The molecule has 0 unspecified atom stereocenters. The molecule has 1 fully saturated rings. The van der Waals surface area contributed by atoms with Gasteiger partial charge in [0.05, 0.1) is 0 Å². The molecule has 0 saturated heterocycles. The topological polar surface area (TPSA) is 71.4 Å². The summed E-state index contributed by atoms with van der Waals surface area (Å²) in [5.41, 5.74) is -0.257. The van der Waals surface area contributed by atoms with E-state index in [2.05, 4.69) is 0 Å². The summed E-state index contributed by atoms with van der Waals surface area (Å²) in [5, 5.41) is 8.97. The second-order valence-corrected chi connectivity index (χ2v) is 4.34. The van der Waals surface area contributed by atoms with Gasteiger partial charge < -0.3 is 5.11 Å². The van der Waals surface area contributed by atoms with Gasteiger partial charge in [0.1, 0.15) is 11.4 Å². The molecular formula is C11H12O4. The third-order valence-electron chi connectivity index (χ3n) is 3.53. The minimum atomic E-state index is -1.18. The van der Waals surface area contributed by atoms with Crippen molar-refractivity contribution in [3.63, 3.8) is 0 Å². The number of allylic oxidation sites excluding steroid dienone is 1. The number of hydrogen-bond donors (Lipinski definition) is 1. The van der Waals surface area contributed by atoms with Gasteiger partial charge in [0.25, 0.3) is 0 Å². The highest BCUT2D eigenvalue weighted by molar-refractivity contribution is 6.19. The molecule has 1 saturated carbocycles. The quantitative estimate of drug-likeness (QED) is 0.655. The average molecular weight is 208 g/mol. The van der Waals surface area contributed by atoms with Crippen LogP contribution in [0.4, 0.5) is 0 Å². The molecule has 2 aliphatic rings. The number of Topliss-reactive ketones (excluding diaryl/α,β-unsaturated/α-hetero) is 2. The SMILES string of the molecule is C[C@]12CCC(=O)C(C(=O)O)=C1CCC2=O. The highest BCUT2D eigenvalue weighted by Gasteiger charge is 2.48. The lowest BCUT2D eigenvalue weighted by Gasteiger charge is -2.29. The molecule has 15 heavy (non-hydrogen) atoms. The van der Waals surface area contributed by atoms with Crippen LogP contribution in [0.2, 0.25) is 0 Å². The van der Waals surface area contributed by atoms with E-state index < -0.39 is 11.4 Å². The van der Waals surface area contributed by atoms with Crippen LogP contribution in [-0.4, -0.2) is 22.6 Å². The lowest BCUT2D eigenvalue weighted by atomic mass is 9.72. The van der Waals surface area contributed by atoms with Gasteiger partial charge in [-0.15, -0.1) is 0 Å². The first-order valence-corrected chi connectivity index (χ1v) is 5.00. The number of fused-ring (bicyclic) bond motifs is 1. The van der Waals surface area contributed by atoms with Crippen molar-refractivity contribution < 1.29 is 19.5 Å². The first kappa shape index (κ1) is 10.1. The molecule has 1 N–H and O–H groups in total. The van der Waals surface area contributed by atoms with Gasteiger partial charge in [0, 0.05) is 18.3 Å². The zero-order chi connectivity index (χ0) is 11.2. The van der Waals surface area contributed by atoms with Crippen molar-refractivity contribution >= 4 is 17.5 Å². The van der Waals surface area contributed by atoms with E-state index in [-0.39, 0.29) is 23.6 Å². The van der Waals surface area contributed by atoms with Gasteiger partial charge in [-0.2, -0.15) is 0 Å². The molecule has 0 spiro atoms. The maximum atomic E-state index is 11.7. The van der Waals surface area contributed by atoms with Gasteiger partial charge >= 0.3 is 5.97 Å². The fraction of sp³-hybridized carbons (Fsp3) is 0.545. The third kappa shape index (κ3) is 1.24. The number of carbonyl (C=O) groups excluding carboxylic acids is 2. The molecule has 0 aromatic rings. The predicted octanol–water partition coefficient (Wildman–Crippen LogP) is 1.10. The van der Waals surface area contributed by atoms with Crippen molar-refractivity contribution in [3.8, 4) is 0 Å². The summed E-state index contributed by atoms with van der Waals surface area (Å²) in [5.74, 6) is -1.44. The lowest BCUT2D eigenvalue weighted by molar-refractivity contribution is -0.135. The van der Waals surface area contributed by atoms with Crippen LogP contribution in [0.5, 0.6) is 0 Å². The Morgan fingerprint density at radius 3 is 2.53 bits per heavy atom. The highest BCUT2D eigenvalue weighted by Crippen LogP contribution is 2.48. The normalized spacial score (nSPS) is 30.7. The van der Waals surface area contributed by atoms with Crippen molar-refractivity contribution in [1.82, 2.24) is 0 Å². The Morgan fingerprint density at radius 1 is 1.27 bits per heavy atom. The lowest BCUT2D eigenvalue weighted by Crippen LogP contribution is -2.32. The Hall–Kier alpha value is -1.45. The molecule has 0 aromatic carbocycles. The standard InChI is InChI=1S/C11H12O4/c1-11-5-4-7(12)9(10(14)15)6(11)2-3-8(11)13/h2-5H2,1H3,(H,14,15)/t11-/m0/s1. The van der Waals surface area contributed by atoms with Gasteiger partial charge in [0.15, 0.2) is 5.78 Å². The molecule has 4 nitrogen and oxygen atoms in total. The number of carboxylic acids is 1. The molecule has 1 atom stereocenters. The first-order chi connectivity index (χ1) is 6.97. The minimum Gasteiger partial charge on any atom is -0.478 e. The van der Waals surface area contributed by atoms with E-state index in [9.17, 15) is 14.4 Å². The summed E-state index contributed by atoms with van der Waals surface area (Å²) in [6.45, 7) is 1.76. The van der Waals surface area contributed by atoms with Crippen LogP contribution in [-0.2, 0) is 14.4 Å². The molecule has 80 valence electrons. The maximum Gasteiger partial charge on any atom is 0.339 e. The Morgan fingerprint density at radius 2 is 1.93 bits per heavy atom. The Labute approximate surface area is 87.0 Å². The van der Waals surface area contributed by atoms with Crippen LogP contribution in [0.15, 0.2) is 11.1 Å². The van der Waals surface area contributed by atoms with Crippen molar-refractivity contribution in [2.45, 2.75) is 32.6 Å². The monoisotopic (exact) mass is 208 g/mol. The fourth-order valence-corrected chi connectivity index (χ4v) is 2.55. The summed E-state index contributed by atoms with van der Waals surface area (Å²) in [4.78, 5) is 34.1. The summed E-state index contributed by atoms with van der Waals surface area (Å²) in [6.07, 6.45) is 1.45. The number of rotatable bonds is 1. The van der Waals surface area contributed by atoms with Crippen LogP contribution in [0.3, 0.4) is 0 Å². The summed E-state index contributed by atoms with van der Waals surface area (Å²) >= 11 is 0. The smallest absolute Gasteiger partial charge is 0.339 e. The average Bonchev–Trinajstić information content (AvgIpc) is 2.44. The Balaban J connectivity index is 2.61. The van der Waals surface area contributed by atoms with Gasteiger partial charge in [0.2, 0.25) is 0 Å². The molecule has 0 aromatic heterocycles. The van der Waals surface area contributed by atoms with Gasteiger partial charge in [-0.05, 0) is 25.3 Å². The van der Waals surface area contributed by atoms with Crippen LogP contribution in [0.1, 0.15) is 32.6 Å². The number of carbonyl (C=O) groups is 3. The van der Waals surface area contributed by atoms with Crippen LogP contribution >= 0.6 is 0 Å². The van der Waals surface area contributed by atoms with E-state index in [1.807, 2.05) is 0 Å². The van der Waals surface area contributed by atoms with Gasteiger partial charge in [-0.25, -0.2) is 4.79 Å². The van der Waals surface area contributed by atoms with E-state index in [0.717, 1.165) is 0 Å². The van der Waals surface area contributed by atoms with Gasteiger partial charge in [-0.3, -0.25) is 9.59 Å². The summed E-state index contributed by atoms with van der Waals surface area (Å²) in [7, 11) is 0. The maximum absolute atomic E-state index is 11.7. The molecule has 0 heterocycles. The predicted molar refractivity (Wildman–Crippen MR) is 51.3 cm³/mol. The zero-order valence-corrected chi connectivity index (χ0v) is 8.50. The molecule has 0 aliphatic heterocycles. The van der Waals surface area contributed by atoms with E-state index >= 15 is 0 Å². The molecule has 0 bridgehead atoms. The van der Waals surface area contributed by atoms with Crippen LogP contribution in [0, 0.1) is 5.41 Å². The van der Waals surface area contributed by atoms with Crippen LogP contribution in [0.25, 0.3) is 0 Å². The fourth-order valence-electron chi connectivity index (χ4n) is 2.55. The molecule has 4 heteroatoms. The Bertz CT molecular complexity index is 405. The molecule has 0 radical (unpaired) electrons. The highest BCUT2D eigenvalue weighted by atomic mass is 16.4.